The number of aromatic nitrogens is 5. The quantitative estimate of drug-likeness (QED) is 0.628. The van der Waals surface area contributed by atoms with Crippen LogP contribution in [0.5, 0.6) is 0 Å². The number of fused-ring (bicyclic) bond motifs is 1. The van der Waals surface area contributed by atoms with Gasteiger partial charge in [0.2, 0.25) is 0 Å². The minimum absolute atomic E-state index is 0.128. The monoisotopic (exact) mass is 289 g/mol. The van der Waals surface area contributed by atoms with E-state index in [1.807, 2.05) is 41.2 Å². The predicted octanol–water partition coefficient (Wildman–Crippen LogP) is 3.43. The van der Waals surface area contributed by atoms with E-state index in [2.05, 4.69) is 34.1 Å². The number of imidazole rings is 1. The van der Waals surface area contributed by atoms with Crippen LogP contribution in [0.15, 0.2) is 61.1 Å². The first-order chi connectivity index (χ1) is 10.8. The molecule has 3 aromatic heterocycles. The fourth-order valence-electron chi connectivity index (χ4n) is 2.61. The van der Waals surface area contributed by atoms with Crippen LogP contribution < -0.4 is 0 Å². The predicted molar refractivity (Wildman–Crippen MR) is 85.4 cm³/mol. The number of benzene rings is 1. The molecule has 0 aliphatic rings. The van der Waals surface area contributed by atoms with Crippen LogP contribution in [0.3, 0.4) is 0 Å². The molecule has 0 saturated carbocycles. The van der Waals surface area contributed by atoms with Crippen LogP contribution in [0, 0.1) is 0 Å². The minimum atomic E-state index is 0.128. The molecule has 4 aromatic rings. The Bertz CT molecular complexity index is 893. The van der Waals surface area contributed by atoms with Crippen LogP contribution in [-0.4, -0.2) is 24.7 Å². The van der Waals surface area contributed by atoms with Crippen LogP contribution >= 0.6 is 0 Å². The highest BCUT2D eigenvalue weighted by molar-refractivity contribution is 5.75. The van der Waals surface area contributed by atoms with Gasteiger partial charge in [-0.05, 0) is 24.6 Å². The molecule has 0 spiro atoms. The molecule has 4 rings (SSSR count). The second kappa shape index (κ2) is 5.11. The Morgan fingerprint density at radius 1 is 1.05 bits per heavy atom. The molecular weight excluding hydrogens is 274 g/mol. The maximum absolute atomic E-state index is 4.69. The number of aromatic amines is 1. The van der Waals surface area contributed by atoms with Crippen molar-refractivity contribution in [2.24, 2.45) is 0 Å². The summed E-state index contributed by atoms with van der Waals surface area (Å²) in [5.41, 5.74) is 3.97. The maximum atomic E-state index is 4.69. The van der Waals surface area contributed by atoms with Gasteiger partial charge in [0.25, 0.3) is 0 Å². The number of nitrogens with one attached hydrogen (secondary N) is 1. The van der Waals surface area contributed by atoms with Crippen molar-refractivity contribution in [2.75, 3.05) is 0 Å². The standard InChI is InChI=1S/C17H15N5/c1-12(13-6-3-2-4-7-13)22-17-15(11-19-22)20-16(21-17)14-8-5-9-18-10-14/h2-12H,1H3,(H,20,21). The highest BCUT2D eigenvalue weighted by Gasteiger charge is 2.15. The molecule has 0 radical (unpaired) electrons. The molecule has 0 saturated heterocycles. The molecule has 108 valence electrons. The molecule has 5 nitrogen and oxygen atoms in total. The summed E-state index contributed by atoms with van der Waals surface area (Å²) in [5, 5.41) is 4.47. The van der Waals surface area contributed by atoms with Gasteiger partial charge in [-0.2, -0.15) is 5.10 Å². The van der Waals surface area contributed by atoms with E-state index in [9.17, 15) is 0 Å². The number of H-pyrrole nitrogens is 1. The van der Waals surface area contributed by atoms with Crippen LogP contribution in [-0.2, 0) is 0 Å². The molecule has 1 N–H and O–H groups in total. The molecule has 0 aliphatic carbocycles. The van der Waals surface area contributed by atoms with E-state index in [1.54, 1.807) is 12.4 Å². The minimum Gasteiger partial charge on any atom is -0.335 e. The largest absolute Gasteiger partial charge is 0.335 e. The molecule has 0 amide bonds. The SMILES string of the molecule is CC(c1ccccc1)n1ncc2[nH]c(-c3cccnc3)nc21. The Hall–Kier alpha value is -2.95. The van der Waals surface area contributed by atoms with Gasteiger partial charge >= 0.3 is 0 Å². The lowest BCUT2D eigenvalue weighted by molar-refractivity contribution is 0.579. The average molecular weight is 289 g/mol. The Balaban J connectivity index is 1.78. The van der Waals surface area contributed by atoms with Crippen molar-refractivity contribution in [1.29, 1.82) is 0 Å². The Labute approximate surface area is 127 Å². The normalized spacial score (nSPS) is 12.6. The number of nitrogens with zero attached hydrogens (tertiary/aromatic N) is 4. The average Bonchev–Trinajstić information content (AvgIpc) is 3.16. The second-order valence-corrected chi connectivity index (χ2v) is 5.24. The van der Waals surface area contributed by atoms with Crippen LogP contribution in [0.1, 0.15) is 18.5 Å². The lowest BCUT2D eigenvalue weighted by atomic mass is 10.1. The smallest absolute Gasteiger partial charge is 0.177 e. The van der Waals surface area contributed by atoms with E-state index in [4.69, 9.17) is 4.98 Å². The van der Waals surface area contributed by atoms with Gasteiger partial charge in [-0.25, -0.2) is 9.67 Å². The maximum Gasteiger partial charge on any atom is 0.177 e. The van der Waals surface area contributed by atoms with Crippen LogP contribution in [0.25, 0.3) is 22.6 Å². The molecule has 22 heavy (non-hydrogen) atoms. The first kappa shape index (κ1) is 12.8. The topological polar surface area (TPSA) is 59.4 Å². The van der Waals surface area contributed by atoms with Gasteiger partial charge in [0.1, 0.15) is 11.3 Å². The van der Waals surface area contributed by atoms with E-state index in [0.29, 0.717) is 0 Å². The number of rotatable bonds is 3. The van der Waals surface area contributed by atoms with Crippen molar-refractivity contribution in [3.05, 3.63) is 66.6 Å². The summed E-state index contributed by atoms with van der Waals surface area (Å²) in [4.78, 5) is 12.1. The van der Waals surface area contributed by atoms with Crippen molar-refractivity contribution in [2.45, 2.75) is 13.0 Å². The highest BCUT2D eigenvalue weighted by atomic mass is 15.3. The fourth-order valence-corrected chi connectivity index (χ4v) is 2.61. The number of hydrogen-bond donors (Lipinski definition) is 1. The second-order valence-electron chi connectivity index (χ2n) is 5.24. The van der Waals surface area contributed by atoms with Crippen molar-refractivity contribution >= 4 is 11.2 Å². The summed E-state index contributed by atoms with van der Waals surface area (Å²) >= 11 is 0. The first-order valence-electron chi connectivity index (χ1n) is 7.21. The lowest BCUT2D eigenvalue weighted by Gasteiger charge is -2.12. The molecule has 1 atom stereocenters. The fraction of sp³-hybridized carbons (Fsp3) is 0.118. The molecule has 0 aliphatic heterocycles. The number of pyridine rings is 1. The zero-order chi connectivity index (χ0) is 14.9. The van der Waals surface area contributed by atoms with Gasteiger partial charge in [-0.1, -0.05) is 30.3 Å². The lowest BCUT2D eigenvalue weighted by Crippen LogP contribution is -2.08. The summed E-state index contributed by atoms with van der Waals surface area (Å²) in [7, 11) is 0. The Kier molecular flexibility index (Phi) is 2.96. The zero-order valence-electron chi connectivity index (χ0n) is 12.1. The van der Waals surface area contributed by atoms with Gasteiger partial charge in [-0.15, -0.1) is 0 Å². The van der Waals surface area contributed by atoms with Gasteiger partial charge in [0.05, 0.1) is 12.2 Å². The van der Waals surface area contributed by atoms with E-state index in [-0.39, 0.29) is 6.04 Å². The van der Waals surface area contributed by atoms with Crippen molar-refractivity contribution in [3.63, 3.8) is 0 Å². The van der Waals surface area contributed by atoms with Gasteiger partial charge in [-0.3, -0.25) is 4.98 Å². The van der Waals surface area contributed by atoms with E-state index < -0.39 is 0 Å². The third-order valence-electron chi connectivity index (χ3n) is 3.82. The van der Waals surface area contributed by atoms with E-state index in [1.165, 1.54) is 5.56 Å². The van der Waals surface area contributed by atoms with Gasteiger partial charge < -0.3 is 4.98 Å². The van der Waals surface area contributed by atoms with Crippen molar-refractivity contribution in [1.82, 2.24) is 24.7 Å². The van der Waals surface area contributed by atoms with E-state index in [0.717, 1.165) is 22.6 Å². The summed E-state index contributed by atoms with van der Waals surface area (Å²) in [6, 6.07) is 14.3. The molecule has 0 fully saturated rings. The third kappa shape index (κ3) is 2.07. The van der Waals surface area contributed by atoms with Crippen LogP contribution in [0.4, 0.5) is 0 Å². The van der Waals surface area contributed by atoms with Crippen molar-refractivity contribution in [3.8, 4) is 11.4 Å². The van der Waals surface area contributed by atoms with Crippen LogP contribution in [0.2, 0.25) is 0 Å². The highest BCUT2D eigenvalue weighted by Crippen LogP contribution is 2.24. The zero-order valence-corrected chi connectivity index (χ0v) is 12.1. The third-order valence-corrected chi connectivity index (χ3v) is 3.82. The summed E-state index contributed by atoms with van der Waals surface area (Å²) in [6.07, 6.45) is 5.38. The van der Waals surface area contributed by atoms with Gasteiger partial charge in [0.15, 0.2) is 5.65 Å². The molecule has 3 heterocycles. The Morgan fingerprint density at radius 3 is 2.68 bits per heavy atom. The van der Waals surface area contributed by atoms with Crippen molar-refractivity contribution < 1.29 is 0 Å². The Morgan fingerprint density at radius 2 is 1.91 bits per heavy atom. The van der Waals surface area contributed by atoms with Gasteiger partial charge in [0, 0.05) is 18.0 Å². The van der Waals surface area contributed by atoms with E-state index >= 15 is 0 Å². The molecule has 5 heteroatoms. The molecule has 0 bridgehead atoms. The summed E-state index contributed by atoms with van der Waals surface area (Å²) < 4.78 is 1.95. The summed E-state index contributed by atoms with van der Waals surface area (Å²) in [6.45, 7) is 2.13. The number of hydrogen-bond acceptors (Lipinski definition) is 3. The first-order valence-corrected chi connectivity index (χ1v) is 7.21. The molecule has 1 aromatic carbocycles. The molecular formula is C17H15N5. The molecule has 1 unspecified atom stereocenters. The summed E-state index contributed by atoms with van der Waals surface area (Å²) in [5.74, 6) is 0.814.